The number of hydrogen-bond donors (Lipinski definition) is 0. The number of halogens is 1. The number of pyridine rings is 1. The fraction of sp³-hybridized carbons (Fsp3) is 0.125. The van der Waals surface area contributed by atoms with E-state index in [0.717, 1.165) is 34.3 Å². The van der Waals surface area contributed by atoms with Gasteiger partial charge in [0.15, 0.2) is 0 Å². The highest BCUT2D eigenvalue weighted by Crippen LogP contribution is 2.21. The first-order chi connectivity index (χ1) is 21.9. The Balaban J connectivity index is 0.000000154. The summed E-state index contributed by atoms with van der Waals surface area (Å²) in [6.45, 7) is 7.05. The van der Waals surface area contributed by atoms with Crippen LogP contribution in [0.25, 0.3) is 0 Å². The third-order valence-corrected chi connectivity index (χ3v) is 6.45. The van der Waals surface area contributed by atoms with E-state index in [1.165, 1.54) is 28.8 Å². The zero-order valence-electron chi connectivity index (χ0n) is 25.9. The highest BCUT2D eigenvalue weighted by atomic mass is 19.1. The first kappa shape index (κ1) is 32.5. The average Bonchev–Trinajstić information content (AvgIpc) is 3.07. The number of benzene rings is 5. The Bertz CT molecular complexity index is 1670. The summed E-state index contributed by atoms with van der Waals surface area (Å²) in [7, 11) is 0. The van der Waals surface area contributed by atoms with E-state index in [1.54, 1.807) is 12.3 Å². The van der Waals surface area contributed by atoms with E-state index < -0.39 is 0 Å². The molecule has 45 heavy (non-hydrogen) atoms. The Labute approximate surface area is 265 Å². The van der Waals surface area contributed by atoms with Crippen LogP contribution in [0, 0.1) is 26.6 Å². The molecule has 0 saturated carbocycles. The molecule has 0 amide bonds. The monoisotopic (exact) mass is 599 g/mol. The first-order valence-corrected chi connectivity index (χ1v) is 14.8. The summed E-state index contributed by atoms with van der Waals surface area (Å²) >= 11 is 0. The van der Waals surface area contributed by atoms with Crippen LogP contribution in [-0.2, 0) is 13.2 Å². The number of aryl methyl sites for hydroxylation is 3. The highest BCUT2D eigenvalue weighted by molar-refractivity contribution is 5.32. The second kappa shape index (κ2) is 17.6. The van der Waals surface area contributed by atoms with Crippen molar-refractivity contribution in [2.24, 2.45) is 0 Å². The van der Waals surface area contributed by atoms with Gasteiger partial charge in [0.2, 0.25) is 0 Å². The molecule has 0 aliphatic rings. The molecule has 0 fully saturated rings. The van der Waals surface area contributed by atoms with Gasteiger partial charge >= 0.3 is 0 Å². The fourth-order valence-corrected chi connectivity index (χ4v) is 3.93. The minimum Gasteiger partial charge on any atom is -0.489 e. The number of rotatable bonds is 8. The number of aromatic nitrogens is 1. The molecule has 0 atom stereocenters. The van der Waals surface area contributed by atoms with Crippen LogP contribution in [0.3, 0.4) is 0 Å². The minimum absolute atomic E-state index is 0.231. The molecule has 0 spiro atoms. The predicted molar refractivity (Wildman–Crippen MR) is 179 cm³/mol. The van der Waals surface area contributed by atoms with Crippen molar-refractivity contribution in [2.45, 2.75) is 34.0 Å². The van der Waals surface area contributed by atoms with Gasteiger partial charge in [-0.05, 0) is 99.1 Å². The lowest BCUT2D eigenvalue weighted by molar-refractivity contribution is 0.301. The van der Waals surface area contributed by atoms with Crippen molar-refractivity contribution in [3.63, 3.8) is 0 Å². The molecule has 1 heterocycles. The van der Waals surface area contributed by atoms with Crippen LogP contribution >= 0.6 is 0 Å². The van der Waals surface area contributed by atoms with E-state index >= 15 is 0 Å². The van der Waals surface area contributed by atoms with Crippen LogP contribution in [0.5, 0.6) is 23.0 Å². The van der Waals surface area contributed by atoms with E-state index in [2.05, 4.69) is 18.8 Å². The van der Waals surface area contributed by atoms with E-state index in [4.69, 9.17) is 14.2 Å². The van der Waals surface area contributed by atoms with Crippen molar-refractivity contribution in [2.75, 3.05) is 0 Å². The summed E-state index contributed by atoms with van der Waals surface area (Å²) in [5, 5.41) is 0. The largest absolute Gasteiger partial charge is 0.489 e. The molecule has 5 aromatic carbocycles. The Morgan fingerprint density at radius 1 is 0.489 bits per heavy atom. The molecule has 0 bridgehead atoms. The molecule has 5 heteroatoms. The summed E-state index contributed by atoms with van der Waals surface area (Å²) in [6, 6.07) is 45.9. The minimum atomic E-state index is -0.231. The van der Waals surface area contributed by atoms with Crippen molar-refractivity contribution in [1.29, 1.82) is 0 Å². The Morgan fingerprint density at radius 2 is 1.00 bits per heavy atom. The fourth-order valence-electron chi connectivity index (χ4n) is 3.93. The summed E-state index contributed by atoms with van der Waals surface area (Å²) in [5.74, 6) is 3.20. The van der Waals surface area contributed by atoms with Crippen LogP contribution in [0.4, 0.5) is 4.39 Å². The van der Waals surface area contributed by atoms with Crippen molar-refractivity contribution < 1.29 is 18.6 Å². The molecule has 0 saturated heterocycles. The topological polar surface area (TPSA) is 40.6 Å². The van der Waals surface area contributed by atoms with E-state index in [0.29, 0.717) is 13.2 Å². The van der Waals surface area contributed by atoms with E-state index in [9.17, 15) is 4.39 Å². The Kier molecular flexibility index (Phi) is 12.7. The third-order valence-electron chi connectivity index (χ3n) is 6.45. The standard InChI is InChI=1S/C14H13FO.C13H13NO.C13H12O/c1-11-5-7-14(8-6-11)16-10-12-3-2-4-13(15)9-12;1-11-5-7-13(8-6-11)15-10-12-4-2-3-9-14-12;1-11-7-9-13(10-8-11)14-12-5-3-2-4-6-12/h2-9H,10H2,1H3;2-9H,10H2,1H3;2-10H,1H3. The SMILES string of the molecule is Cc1ccc(OCc2cccc(F)c2)cc1.Cc1ccc(OCc2ccccn2)cc1.Cc1ccc(Oc2ccccc2)cc1. The smallest absolute Gasteiger partial charge is 0.130 e. The molecule has 4 nitrogen and oxygen atoms in total. The Hall–Kier alpha value is -5.42. The number of nitrogens with zero attached hydrogens (tertiary/aromatic N) is 1. The number of hydrogen-bond acceptors (Lipinski definition) is 4. The summed E-state index contributed by atoms with van der Waals surface area (Å²) in [4.78, 5) is 4.19. The van der Waals surface area contributed by atoms with Crippen LogP contribution in [0.1, 0.15) is 27.9 Å². The van der Waals surface area contributed by atoms with Crippen LogP contribution in [0.2, 0.25) is 0 Å². The van der Waals surface area contributed by atoms with Gasteiger partial charge in [-0.15, -0.1) is 0 Å². The zero-order chi connectivity index (χ0) is 31.7. The normalized spacial score (nSPS) is 9.96. The van der Waals surface area contributed by atoms with Gasteiger partial charge in [-0.3, -0.25) is 4.98 Å². The van der Waals surface area contributed by atoms with Gasteiger partial charge < -0.3 is 14.2 Å². The van der Waals surface area contributed by atoms with Gasteiger partial charge in [0.1, 0.15) is 42.0 Å². The third kappa shape index (κ3) is 12.4. The second-order valence-corrected chi connectivity index (χ2v) is 10.4. The summed E-state index contributed by atoms with van der Waals surface area (Å²) in [6.07, 6.45) is 1.77. The Morgan fingerprint density at radius 3 is 1.53 bits per heavy atom. The molecule has 0 radical (unpaired) electrons. The van der Waals surface area contributed by atoms with E-state index in [1.807, 2.05) is 134 Å². The van der Waals surface area contributed by atoms with Crippen molar-refractivity contribution in [3.8, 4) is 23.0 Å². The van der Waals surface area contributed by atoms with Gasteiger partial charge in [-0.25, -0.2) is 4.39 Å². The quantitative estimate of drug-likeness (QED) is 0.175. The number of ether oxygens (including phenoxy) is 3. The summed E-state index contributed by atoms with van der Waals surface area (Å²) in [5.41, 5.74) is 5.45. The molecule has 6 rings (SSSR count). The van der Waals surface area contributed by atoms with Gasteiger partial charge in [0.25, 0.3) is 0 Å². The van der Waals surface area contributed by atoms with Crippen LogP contribution in [0.15, 0.2) is 152 Å². The van der Waals surface area contributed by atoms with Gasteiger partial charge in [0, 0.05) is 6.20 Å². The molecule has 6 aromatic rings. The summed E-state index contributed by atoms with van der Waals surface area (Å²) < 4.78 is 29.6. The molecule has 0 unspecified atom stereocenters. The molecule has 1 aromatic heterocycles. The highest BCUT2D eigenvalue weighted by Gasteiger charge is 1.98. The van der Waals surface area contributed by atoms with Crippen molar-refractivity contribution in [3.05, 3.63) is 186 Å². The maximum Gasteiger partial charge on any atom is 0.130 e. The molecule has 228 valence electrons. The van der Waals surface area contributed by atoms with E-state index in [-0.39, 0.29) is 5.82 Å². The lowest BCUT2D eigenvalue weighted by Gasteiger charge is -2.06. The lowest BCUT2D eigenvalue weighted by Crippen LogP contribution is -1.97. The zero-order valence-corrected chi connectivity index (χ0v) is 25.9. The average molecular weight is 600 g/mol. The van der Waals surface area contributed by atoms with Crippen molar-refractivity contribution in [1.82, 2.24) is 4.98 Å². The molecular formula is C40H38FNO3. The molecule has 0 aliphatic heterocycles. The number of para-hydroxylation sites is 1. The second-order valence-electron chi connectivity index (χ2n) is 10.4. The van der Waals surface area contributed by atoms with Crippen LogP contribution < -0.4 is 14.2 Å². The first-order valence-electron chi connectivity index (χ1n) is 14.8. The van der Waals surface area contributed by atoms with Crippen molar-refractivity contribution >= 4 is 0 Å². The van der Waals surface area contributed by atoms with Crippen LogP contribution in [-0.4, -0.2) is 4.98 Å². The maximum atomic E-state index is 12.9. The van der Waals surface area contributed by atoms with Gasteiger partial charge in [0.05, 0.1) is 5.69 Å². The molecule has 0 N–H and O–H groups in total. The van der Waals surface area contributed by atoms with Gasteiger partial charge in [-0.1, -0.05) is 89.5 Å². The predicted octanol–water partition coefficient (Wildman–Crippen LogP) is 10.5. The lowest BCUT2D eigenvalue weighted by atomic mass is 10.2. The maximum absolute atomic E-state index is 12.9. The molecular weight excluding hydrogens is 561 g/mol. The molecule has 0 aliphatic carbocycles. The van der Waals surface area contributed by atoms with Gasteiger partial charge in [-0.2, -0.15) is 0 Å².